The summed E-state index contributed by atoms with van der Waals surface area (Å²) in [7, 11) is -2.14. The topological polar surface area (TPSA) is 26.0 Å². The Kier molecular flexibility index (Phi) is 5.42. The van der Waals surface area contributed by atoms with Crippen LogP contribution in [0.5, 0.6) is 0 Å². The van der Waals surface area contributed by atoms with Crippen molar-refractivity contribution in [2.24, 2.45) is 5.50 Å². The molecule has 0 spiro atoms. The molecular weight excluding hydrogens is 443 g/mol. The van der Waals surface area contributed by atoms with Gasteiger partial charge in [0, 0.05) is 0 Å². The van der Waals surface area contributed by atoms with Gasteiger partial charge in [-0.15, -0.1) is 0 Å². The molecule has 24 heavy (non-hydrogen) atoms. The van der Waals surface area contributed by atoms with Crippen LogP contribution in [0.4, 0.5) is 0 Å². The molecule has 3 rings (SSSR count). The molecule has 0 unspecified atom stereocenters. The van der Waals surface area contributed by atoms with Crippen molar-refractivity contribution in [2.45, 2.75) is 0 Å². The first-order valence-corrected chi connectivity index (χ1v) is 15.2. The molecule has 3 aromatic carbocycles. The van der Waals surface area contributed by atoms with Crippen molar-refractivity contribution in [3.8, 4) is 0 Å². The van der Waals surface area contributed by atoms with Crippen LogP contribution in [0.3, 0.4) is 0 Å². The summed E-state index contributed by atoms with van der Waals surface area (Å²) in [4.78, 5) is -1.23. The summed E-state index contributed by atoms with van der Waals surface area (Å²) in [6.07, 6.45) is 0. The molecule has 0 fully saturated rings. The smallest absolute Gasteiger partial charge is 0.179 e. The molecule has 0 radical (unpaired) electrons. The molecule has 3 aromatic rings. The van der Waals surface area contributed by atoms with E-state index in [4.69, 9.17) is 5.50 Å². The average Bonchev–Trinajstić information content (AvgIpc) is 2.62. The van der Waals surface area contributed by atoms with Crippen molar-refractivity contribution in [2.75, 3.05) is 13.3 Å². The quantitative estimate of drug-likeness (QED) is 0.456. The SMILES string of the molecule is C[P+](C)(I)c1ccccc1[P+](N)(c1ccccc1)c1ccccc1. The van der Waals surface area contributed by atoms with Crippen LogP contribution >= 0.6 is 34.4 Å². The van der Waals surface area contributed by atoms with Gasteiger partial charge in [0.15, 0.2) is 34.8 Å². The Hall–Kier alpha value is -0.790. The van der Waals surface area contributed by atoms with E-state index in [1.165, 1.54) is 21.2 Å². The van der Waals surface area contributed by atoms with Gasteiger partial charge in [-0.3, -0.25) is 0 Å². The molecular formula is C20H22INP2+2. The van der Waals surface area contributed by atoms with Gasteiger partial charge in [-0.1, -0.05) is 48.5 Å². The van der Waals surface area contributed by atoms with Crippen LogP contribution in [0.2, 0.25) is 0 Å². The van der Waals surface area contributed by atoms with E-state index >= 15 is 0 Å². The van der Waals surface area contributed by atoms with Gasteiger partial charge < -0.3 is 0 Å². The molecule has 0 heterocycles. The summed E-state index contributed by atoms with van der Waals surface area (Å²) in [5, 5.41) is 5.20. The van der Waals surface area contributed by atoms with Gasteiger partial charge in [0.1, 0.15) is 20.8 Å². The second kappa shape index (κ2) is 7.22. The molecule has 0 aliphatic rings. The van der Waals surface area contributed by atoms with Gasteiger partial charge >= 0.3 is 0 Å². The number of hydrogen-bond donors (Lipinski definition) is 1. The highest BCUT2D eigenvalue weighted by Gasteiger charge is 2.47. The Bertz CT molecular complexity index is 774. The van der Waals surface area contributed by atoms with Crippen molar-refractivity contribution >= 4 is 55.6 Å². The fourth-order valence-corrected chi connectivity index (χ4v) is 9.98. The Morgan fingerprint density at radius 3 is 1.42 bits per heavy atom. The van der Waals surface area contributed by atoms with Crippen molar-refractivity contribution in [1.29, 1.82) is 0 Å². The molecule has 122 valence electrons. The third-order valence-corrected chi connectivity index (χ3v) is 10.8. The van der Waals surface area contributed by atoms with Gasteiger partial charge in [-0.25, -0.2) is 0 Å². The van der Waals surface area contributed by atoms with Crippen LogP contribution in [-0.4, -0.2) is 13.3 Å². The fourth-order valence-electron chi connectivity index (χ4n) is 2.97. The van der Waals surface area contributed by atoms with Crippen molar-refractivity contribution in [3.63, 3.8) is 0 Å². The third-order valence-electron chi connectivity index (χ3n) is 4.16. The second-order valence-electron chi connectivity index (χ2n) is 6.20. The van der Waals surface area contributed by atoms with Crippen molar-refractivity contribution in [1.82, 2.24) is 0 Å². The summed E-state index contributed by atoms with van der Waals surface area (Å²) in [5.74, 6) is 0. The van der Waals surface area contributed by atoms with Crippen LogP contribution in [-0.2, 0) is 0 Å². The number of hydrogen-bond acceptors (Lipinski definition) is 1. The highest BCUT2D eigenvalue weighted by molar-refractivity contribution is 14.2. The number of halogens is 1. The highest BCUT2D eigenvalue weighted by Crippen LogP contribution is 2.60. The maximum absolute atomic E-state index is 7.28. The minimum absolute atomic E-state index is 1.23. The minimum Gasteiger partial charge on any atom is -0.191 e. The molecule has 0 saturated heterocycles. The zero-order valence-corrected chi connectivity index (χ0v) is 17.9. The summed E-state index contributed by atoms with van der Waals surface area (Å²) < 4.78 is 0. The summed E-state index contributed by atoms with van der Waals surface area (Å²) in [5.41, 5.74) is 7.28. The predicted octanol–water partition coefficient (Wildman–Crippen LogP) is 4.11. The van der Waals surface area contributed by atoms with E-state index in [9.17, 15) is 0 Å². The first-order chi connectivity index (χ1) is 11.4. The first kappa shape index (κ1) is 18.0. The lowest BCUT2D eigenvalue weighted by atomic mass is 10.3. The molecule has 0 atom stereocenters. The normalized spacial score (nSPS) is 12.2. The second-order valence-corrected chi connectivity index (χ2v) is 19.5. The van der Waals surface area contributed by atoms with Crippen LogP contribution in [0.1, 0.15) is 0 Å². The van der Waals surface area contributed by atoms with Gasteiger partial charge in [-0.05, 0) is 36.4 Å². The lowest BCUT2D eigenvalue weighted by molar-refractivity contribution is 1.70. The van der Waals surface area contributed by atoms with Gasteiger partial charge in [0.2, 0.25) is 0 Å². The average molecular weight is 465 g/mol. The summed E-state index contributed by atoms with van der Waals surface area (Å²) in [6, 6.07) is 29.9. The molecule has 0 amide bonds. The van der Waals surface area contributed by atoms with Gasteiger partial charge in [-0.2, -0.15) is 5.50 Å². The number of rotatable bonds is 4. The van der Waals surface area contributed by atoms with E-state index in [-0.39, 0.29) is 0 Å². The Balaban J connectivity index is 2.33. The molecule has 0 aliphatic heterocycles. The zero-order valence-electron chi connectivity index (χ0n) is 13.9. The zero-order chi connectivity index (χ0) is 17.2. The predicted molar refractivity (Wildman–Crippen MR) is 122 cm³/mol. The lowest BCUT2D eigenvalue weighted by Gasteiger charge is -2.24. The minimum atomic E-state index is -2.14. The van der Waals surface area contributed by atoms with E-state index in [2.05, 4.69) is 120 Å². The summed E-state index contributed by atoms with van der Waals surface area (Å²) in [6.45, 7) is 4.71. The van der Waals surface area contributed by atoms with Gasteiger partial charge in [0.05, 0.1) is 13.3 Å². The van der Waals surface area contributed by atoms with Crippen LogP contribution in [0, 0.1) is 0 Å². The molecule has 0 aromatic heterocycles. The Morgan fingerprint density at radius 2 is 1.00 bits per heavy atom. The first-order valence-electron chi connectivity index (χ1n) is 7.86. The standard InChI is InChI=1S/C20H22INP2/c1-23(2,21)19-15-9-10-16-20(19)24(22,17-11-5-3-6-12-17)18-13-7-4-8-14-18/h3-16H,22H2,1-2H3/q+2. The Morgan fingerprint density at radius 1 is 0.625 bits per heavy atom. The van der Waals surface area contributed by atoms with Crippen LogP contribution in [0.15, 0.2) is 84.9 Å². The molecule has 0 saturated carbocycles. The number of nitrogens with two attached hydrogens (primary N) is 1. The lowest BCUT2D eigenvalue weighted by Crippen LogP contribution is -2.42. The number of benzene rings is 3. The Labute approximate surface area is 158 Å². The van der Waals surface area contributed by atoms with E-state index < -0.39 is 12.3 Å². The molecule has 2 N–H and O–H groups in total. The largest absolute Gasteiger partial charge is 0.191 e. The fraction of sp³-hybridized carbons (Fsp3) is 0.100. The molecule has 1 nitrogen and oxygen atoms in total. The van der Waals surface area contributed by atoms with Crippen LogP contribution < -0.4 is 26.7 Å². The highest BCUT2D eigenvalue weighted by atomic mass is 127. The maximum Gasteiger partial charge on any atom is 0.179 e. The molecule has 4 heteroatoms. The van der Waals surface area contributed by atoms with E-state index in [1.807, 2.05) is 0 Å². The molecule has 0 bridgehead atoms. The van der Waals surface area contributed by atoms with E-state index in [1.54, 1.807) is 0 Å². The summed E-state index contributed by atoms with van der Waals surface area (Å²) >= 11 is 2.62. The van der Waals surface area contributed by atoms with Crippen molar-refractivity contribution in [3.05, 3.63) is 84.9 Å². The van der Waals surface area contributed by atoms with E-state index in [0.717, 1.165) is 0 Å². The monoisotopic (exact) mass is 465 g/mol. The van der Waals surface area contributed by atoms with Crippen LogP contribution in [0.25, 0.3) is 0 Å². The van der Waals surface area contributed by atoms with Crippen molar-refractivity contribution < 1.29 is 0 Å². The van der Waals surface area contributed by atoms with E-state index in [0.29, 0.717) is 0 Å². The molecule has 0 aliphatic carbocycles. The third kappa shape index (κ3) is 3.44. The maximum atomic E-state index is 7.28. The van der Waals surface area contributed by atoms with Gasteiger partial charge in [0.25, 0.3) is 0 Å².